The van der Waals surface area contributed by atoms with Crippen molar-refractivity contribution < 1.29 is 63.6 Å². The number of rotatable bonds is 30. The minimum Gasteiger partial charge on any atom is -0.508 e. The molecule has 0 unspecified atom stereocenters. The Hall–Kier alpha value is -6.29. The molecule has 69 heavy (non-hydrogen) atoms. The second-order valence-corrected chi connectivity index (χ2v) is 17.0. The molecule has 8 amide bonds. The van der Waals surface area contributed by atoms with Gasteiger partial charge in [0, 0.05) is 25.3 Å². The number of carbonyl (C=O) groups is 9. The van der Waals surface area contributed by atoms with Gasteiger partial charge in [0.25, 0.3) is 0 Å². The fourth-order valence-corrected chi connectivity index (χ4v) is 7.21. The summed E-state index contributed by atoms with van der Waals surface area (Å²) in [5, 5.41) is 56.8. The molecular formula is C42H69N13O13S. The summed E-state index contributed by atoms with van der Waals surface area (Å²) in [6.45, 7) is 1.29. The fourth-order valence-electron chi connectivity index (χ4n) is 6.96. The molecule has 27 heteroatoms. The van der Waals surface area contributed by atoms with Crippen molar-refractivity contribution in [2.75, 3.05) is 45.1 Å². The van der Waals surface area contributed by atoms with Crippen molar-refractivity contribution in [1.82, 2.24) is 42.1 Å². The first kappa shape index (κ1) is 58.8. The Balaban J connectivity index is 2.23. The SMILES string of the molecule is CC(C)[C@H](NC(=O)CNC(=O)[C@@H](N)CCCCN)C(=O)N[C@@H](CO)C(=O)N1CCC[C@H]1C(=O)N[C@@H](CO)C(=O)N[C@@H](Cc1ccc(O)cc1)C(=O)N[C@@H](CCCN=C(N)N)C(=O)N[C@@H](CS)C(=O)O. The first-order valence-electron chi connectivity index (χ1n) is 22.4. The number of likely N-dealkylation sites (tertiary alicyclic amines) is 1. The second kappa shape index (κ2) is 30.3. The van der Waals surface area contributed by atoms with Gasteiger partial charge in [0.1, 0.15) is 48.0 Å². The quantitative estimate of drug-likeness (QED) is 0.0148. The number of thiol groups is 1. The largest absolute Gasteiger partial charge is 0.508 e. The Labute approximate surface area is 404 Å². The van der Waals surface area contributed by atoms with E-state index in [0.717, 1.165) is 4.90 Å². The van der Waals surface area contributed by atoms with Gasteiger partial charge in [-0.1, -0.05) is 32.4 Å². The number of aliphatic hydroxyl groups is 2. The number of nitrogens with zero attached hydrogens (tertiary/aromatic N) is 2. The Morgan fingerprint density at radius 2 is 1.36 bits per heavy atom. The normalized spacial score (nSPS) is 16.3. The number of aliphatic imine (C=N–C) groups is 1. The summed E-state index contributed by atoms with van der Waals surface area (Å²) in [7, 11) is 0. The van der Waals surface area contributed by atoms with Crippen LogP contribution in [0.3, 0.4) is 0 Å². The van der Waals surface area contributed by atoms with Crippen molar-refractivity contribution in [2.24, 2.45) is 33.8 Å². The number of phenols is 1. The number of nitrogens with one attached hydrogen (secondary N) is 7. The monoisotopic (exact) mass is 995 g/mol. The van der Waals surface area contributed by atoms with Crippen molar-refractivity contribution in [1.29, 1.82) is 0 Å². The van der Waals surface area contributed by atoms with Crippen LogP contribution in [0, 0.1) is 5.92 Å². The molecular weight excluding hydrogens is 927 g/mol. The molecule has 2 rings (SSSR count). The lowest BCUT2D eigenvalue weighted by molar-refractivity contribution is -0.143. The van der Waals surface area contributed by atoms with Crippen LogP contribution in [0.15, 0.2) is 29.3 Å². The lowest BCUT2D eigenvalue weighted by atomic mass is 10.0. The standard InChI is InChI=1S/C42H69N13O13S/c1-22(2)33(54-32(59)18-48-34(60)25(44)7-3-4-14-43)39(65)52-29(20-57)40(66)55-16-6-9-31(55)38(64)51-28(19-56)37(63)50-27(17-23-10-12-24(58)13-11-23)36(62)49-26(8-5-15-47-42(45)46)35(61)53-30(21-69)41(67)68/h10-13,22,25-31,33,56-58,69H,3-9,14-21,43-44H2,1-2H3,(H,48,60)(H,49,62)(H,50,63)(H,51,64)(H,52,65)(H,53,61)(H,54,59)(H,67,68)(H4,45,46,47)/t25-,26-,27-,28-,29-,30-,31-,33-/m0/s1. The molecule has 1 aliphatic heterocycles. The van der Waals surface area contributed by atoms with Crippen LogP contribution in [0.1, 0.15) is 64.4 Å². The lowest BCUT2D eigenvalue weighted by Gasteiger charge is -2.30. The molecule has 1 aromatic rings. The number of phenolic OH excluding ortho intramolecular Hbond substituents is 1. The molecule has 386 valence electrons. The predicted octanol–water partition coefficient (Wildman–Crippen LogP) is -5.88. The fraction of sp³-hybridized carbons (Fsp3) is 0.619. The number of guanidine groups is 1. The van der Waals surface area contributed by atoms with Crippen molar-refractivity contribution in [2.45, 2.75) is 114 Å². The number of aliphatic carboxylic acids is 1. The van der Waals surface area contributed by atoms with E-state index in [-0.39, 0.29) is 62.7 Å². The average molecular weight is 996 g/mol. The van der Waals surface area contributed by atoms with E-state index in [2.05, 4.69) is 54.8 Å². The number of nitrogens with two attached hydrogens (primary N) is 4. The maximum Gasteiger partial charge on any atom is 0.327 e. The highest BCUT2D eigenvalue weighted by atomic mass is 32.1. The van der Waals surface area contributed by atoms with Gasteiger partial charge in [-0.3, -0.25) is 43.3 Å². The zero-order chi connectivity index (χ0) is 51.8. The van der Waals surface area contributed by atoms with Gasteiger partial charge in [-0.2, -0.15) is 12.6 Å². The third-order valence-electron chi connectivity index (χ3n) is 10.8. The molecule has 0 aromatic heterocycles. The van der Waals surface area contributed by atoms with Gasteiger partial charge in [0.05, 0.1) is 25.8 Å². The maximum absolute atomic E-state index is 13.9. The molecule has 0 saturated carbocycles. The molecule has 1 saturated heterocycles. The Kier molecular flexibility index (Phi) is 25.8. The summed E-state index contributed by atoms with van der Waals surface area (Å²) in [4.78, 5) is 124. The van der Waals surface area contributed by atoms with Crippen LogP contribution < -0.4 is 60.2 Å². The van der Waals surface area contributed by atoms with Gasteiger partial charge >= 0.3 is 5.97 Å². The number of hydrogen-bond donors (Lipinski definition) is 16. The van der Waals surface area contributed by atoms with Crippen LogP contribution in [-0.2, 0) is 49.6 Å². The summed E-state index contributed by atoms with van der Waals surface area (Å²) in [6.07, 6.45) is 1.80. The topological polar surface area (TPSA) is 438 Å². The highest BCUT2D eigenvalue weighted by molar-refractivity contribution is 7.80. The van der Waals surface area contributed by atoms with Crippen LogP contribution in [-0.4, -0.2) is 178 Å². The number of benzene rings is 1. The molecule has 1 aromatic carbocycles. The maximum atomic E-state index is 13.9. The summed E-state index contributed by atoms with van der Waals surface area (Å²) in [6, 6.07) is -5.40. The van der Waals surface area contributed by atoms with Gasteiger partial charge < -0.3 is 85.5 Å². The smallest absolute Gasteiger partial charge is 0.327 e. The number of hydrogen-bond acceptors (Lipinski definition) is 16. The lowest BCUT2D eigenvalue weighted by Crippen LogP contribution is -2.61. The summed E-state index contributed by atoms with van der Waals surface area (Å²) < 4.78 is 0. The highest BCUT2D eigenvalue weighted by Gasteiger charge is 2.40. The van der Waals surface area contributed by atoms with Crippen molar-refractivity contribution in [3.8, 4) is 5.75 Å². The van der Waals surface area contributed by atoms with Gasteiger partial charge in [-0.15, -0.1) is 0 Å². The van der Waals surface area contributed by atoms with Crippen LogP contribution in [0.5, 0.6) is 5.75 Å². The van der Waals surface area contributed by atoms with E-state index in [1.165, 1.54) is 24.3 Å². The van der Waals surface area contributed by atoms with Crippen LogP contribution >= 0.6 is 12.6 Å². The summed E-state index contributed by atoms with van der Waals surface area (Å²) >= 11 is 3.96. The van der Waals surface area contributed by atoms with E-state index in [4.69, 9.17) is 22.9 Å². The molecule has 19 N–H and O–H groups in total. The number of amides is 8. The molecule has 0 spiro atoms. The van der Waals surface area contributed by atoms with E-state index >= 15 is 0 Å². The third kappa shape index (κ3) is 20.1. The molecule has 26 nitrogen and oxygen atoms in total. The van der Waals surface area contributed by atoms with Gasteiger partial charge in [0.2, 0.25) is 47.3 Å². The van der Waals surface area contributed by atoms with Crippen molar-refractivity contribution in [3.63, 3.8) is 0 Å². The van der Waals surface area contributed by atoms with E-state index in [0.29, 0.717) is 31.4 Å². The van der Waals surface area contributed by atoms with E-state index in [1.807, 2.05) is 0 Å². The molecule has 1 fully saturated rings. The van der Waals surface area contributed by atoms with Gasteiger partial charge in [0.15, 0.2) is 5.96 Å². The second-order valence-electron chi connectivity index (χ2n) is 16.6. The number of unbranched alkanes of at least 4 members (excludes halogenated alkanes) is 1. The first-order chi connectivity index (χ1) is 32.7. The number of aromatic hydroxyl groups is 1. The van der Waals surface area contributed by atoms with Crippen molar-refractivity contribution >= 4 is 71.8 Å². The van der Waals surface area contributed by atoms with E-state index in [1.54, 1.807) is 13.8 Å². The van der Waals surface area contributed by atoms with E-state index < -0.39 is 127 Å². The average Bonchev–Trinajstić information content (AvgIpc) is 3.81. The van der Waals surface area contributed by atoms with Crippen LogP contribution in [0.4, 0.5) is 0 Å². The number of carboxylic acids is 1. The van der Waals surface area contributed by atoms with E-state index in [9.17, 15) is 63.6 Å². The Morgan fingerprint density at radius 3 is 1.94 bits per heavy atom. The molecule has 0 radical (unpaired) electrons. The number of carbonyl (C=O) groups excluding carboxylic acids is 8. The van der Waals surface area contributed by atoms with Crippen LogP contribution in [0.25, 0.3) is 0 Å². The predicted molar refractivity (Wildman–Crippen MR) is 252 cm³/mol. The zero-order valence-corrected chi connectivity index (χ0v) is 39.6. The number of aliphatic hydroxyl groups excluding tert-OH is 2. The first-order valence-corrected chi connectivity index (χ1v) is 23.0. The molecule has 0 aliphatic carbocycles. The molecule has 0 bridgehead atoms. The summed E-state index contributed by atoms with van der Waals surface area (Å²) in [5.74, 6) is -9.37. The van der Waals surface area contributed by atoms with Crippen molar-refractivity contribution in [3.05, 3.63) is 29.8 Å². The molecule has 1 aliphatic rings. The third-order valence-corrected chi connectivity index (χ3v) is 11.2. The van der Waals surface area contributed by atoms with Gasteiger partial charge in [-0.25, -0.2) is 4.79 Å². The molecule has 8 atom stereocenters. The highest BCUT2D eigenvalue weighted by Crippen LogP contribution is 2.20. The van der Waals surface area contributed by atoms with Crippen LogP contribution in [0.2, 0.25) is 0 Å². The minimum absolute atomic E-state index is 0.00549. The minimum atomic E-state index is -1.71. The zero-order valence-electron chi connectivity index (χ0n) is 38.7. The molecule has 1 heterocycles. The number of carboxylic acid groups (broad SMARTS) is 1. The Morgan fingerprint density at radius 1 is 0.768 bits per heavy atom. The Bertz CT molecular complexity index is 1940. The summed E-state index contributed by atoms with van der Waals surface area (Å²) in [5.41, 5.74) is 22.5. The van der Waals surface area contributed by atoms with Gasteiger partial charge in [-0.05, 0) is 68.7 Å².